The van der Waals surface area contributed by atoms with Crippen molar-refractivity contribution in [2.75, 3.05) is 0 Å². The summed E-state index contributed by atoms with van der Waals surface area (Å²) in [4.78, 5) is 0. The van der Waals surface area contributed by atoms with Crippen LogP contribution >= 0.6 is 11.8 Å². The van der Waals surface area contributed by atoms with Crippen molar-refractivity contribution in [2.24, 2.45) is 0 Å². The molecule has 1 aromatic carbocycles. The molecule has 0 aliphatic carbocycles. The van der Waals surface area contributed by atoms with E-state index in [1.807, 2.05) is 13.0 Å². The van der Waals surface area contributed by atoms with Gasteiger partial charge in [-0.2, -0.15) is 0 Å². The largest absolute Gasteiger partial charge is 0.302 e. The van der Waals surface area contributed by atoms with Crippen molar-refractivity contribution >= 4 is 11.8 Å². The summed E-state index contributed by atoms with van der Waals surface area (Å²) in [5.74, 6) is 1.85. The maximum absolute atomic E-state index is 4.21. The third-order valence-corrected chi connectivity index (χ3v) is 3.85. The first kappa shape index (κ1) is 12.9. The Labute approximate surface area is 112 Å². The smallest absolute Gasteiger partial charge is 0.191 e. The molecule has 0 saturated carbocycles. The molecule has 0 unspecified atom stereocenters. The highest BCUT2D eigenvalue weighted by Crippen LogP contribution is 2.23. The first-order valence-electron chi connectivity index (χ1n) is 5.90. The number of hydrogen-bond acceptors (Lipinski definition) is 3. The van der Waals surface area contributed by atoms with E-state index in [0.717, 1.165) is 23.3 Å². The van der Waals surface area contributed by atoms with E-state index >= 15 is 0 Å². The van der Waals surface area contributed by atoms with Gasteiger partial charge < -0.3 is 4.57 Å². The molecule has 0 atom stereocenters. The van der Waals surface area contributed by atoms with E-state index in [9.17, 15) is 0 Å². The van der Waals surface area contributed by atoms with Gasteiger partial charge in [-0.15, -0.1) is 16.8 Å². The number of benzene rings is 1. The van der Waals surface area contributed by atoms with Gasteiger partial charge in [0.25, 0.3) is 0 Å². The van der Waals surface area contributed by atoms with Crippen LogP contribution in [0.15, 0.2) is 42.1 Å². The molecule has 1 heterocycles. The molecule has 1 aromatic heterocycles. The lowest BCUT2D eigenvalue weighted by Gasteiger charge is -2.06. The summed E-state index contributed by atoms with van der Waals surface area (Å²) in [6, 6.07) is 8.43. The molecule has 3 nitrogen and oxygen atoms in total. The molecule has 94 valence electrons. The Hall–Kier alpha value is -1.55. The van der Waals surface area contributed by atoms with Gasteiger partial charge in [-0.25, -0.2) is 0 Å². The second-order valence-electron chi connectivity index (χ2n) is 4.14. The van der Waals surface area contributed by atoms with Crippen molar-refractivity contribution in [3.8, 4) is 0 Å². The van der Waals surface area contributed by atoms with Crippen molar-refractivity contribution in [1.29, 1.82) is 0 Å². The minimum atomic E-state index is 0.759. The van der Waals surface area contributed by atoms with Crippen LogP contribution in [0.4, 0.5) is 0 Å². The van der Waals surface area contributed by atoms with Gasteiger partial charge >= 0.3 is 0 Å². The van der Waals surface area contributed by atoms with E-state index in [-0.39, 0.29) is 0 Å². The van der Waals surface area contributed by atoms with Crippen LogP contribution < -0.4 is 0 Å². The zero-order valence-electron chi connectivity index (χ0n) is 10.8. The standard InChI is InChI=1S/C14H17N3S/c1-4-9-17-12(3)15-16-14(17)18-10-13-8-6-5-7-11(13)2/h4-8H,1,9-10H2,2-3H3. The number of nitrogens with zero attached hydrogens (tertiary/aromatic N) is 3. The zero-order valence-corrected chi connectivity index (χ0v) is 11.6. The fraction of sp³-hybridized carbons (Fsp3) is 0.286. The molecule has 0 aliphatic heterocycles. The monoisotopic (exact) mass is 259 g/mol. The number of aromatic nitrogens is 3. The lowest BCUT2D eigenvalue weighted by Crippen LogP contribution is -2.00. The molecule has 4 heteroatoms. The fourth-order valence-electron chi connectivity index (χ4n) is 1.72. The average Bonchev–Trinajstić information content (AvgIpc) is 2.71. The Kier molecular flexibility index (Phi) is 4.20. The Bertz CT molecular complexity index is 546. The highest BCUT2D eigenvalue weighted by Gasteiger charge is 2.08. The Morgan fingerprint density at radius 3 is 2.78 bits per heavy atom. The Morgan fingerprint density at radius 2 is 2.06 bits per heavy atom. The van der Waals surface area contributed by atoms with E-state index in [4.69, 9.17) is 0 Å². The quantitative estimate of drug-likeness (QED) is 0.609. The molecule has 0 bridgehead atoms. The topological polar surface area (TPSA) is 30.7 Å². The summed E-state index contributed by atoms with van der Waals surface area (Å²) < 4.78 is 2.08. The SMILES string of the molecule is C=CCn1c(C)nnc1SCc1ccccc1C. The minimum absolute atomic E-state index is 0.759. The van der Waals surface area contributed by atoms with Gasteiger partial charge in [-0.05, 0) is 25.0 Å². The molecular weight excluding hydrogens is 242 g/mol. The van der Waals surface area contributed by atoms with Gasteiger partial charge in [0.15, 0.2) is 5.16 Å². The van der Waals surface area contributed by atoms with Gasteiger partial charge in [0.05, 0.1) is 0 Å². The normalized spacial score (nSPS) is 10.6. The summed E-state index contributed by atoms with van der Waals surface area (Å²) in [7, 11) is 0. The van der Waals surface area contributed by atoms with E-state index in [0.29, 0.717) is 0 Å². The maximum atomic E-state index is 4.21. The molecule has 18 heavy (non-hydrogen) atoms. The number of hydrogen-bond donors (Lipinski definition) is 0. The molecule has 0 radical (unpaired) electrons. The predicted molar refractivity (Wildman–Crippen MR) is 75.7 cm³/mol. The molecule has 0 fully saturated rings. The Balaban J connectivity index is 2.11. The molecule has 2 rings (SSSR count). The number of thioether (sulfide) groups is 1. The van der Waals surface area contributed by atoms with Gasteiger partial charge in [-0.1, -0.05) is 42.1 Å². The van der Waals surface area contributed by atoms with E-state index < -0.39 is 0 Å². The third kappa shape index (κ3) is 2.82. The summed E-state index contributed by atoms with van der Waals surface area (Å²) in [5.41, 5.74) is 2.66. The van der Waals surface area contributed by atoms with Crippen LogP contribution in [0.3, 0.4) is 0 Å². The van der Waals surface area contributed by atoms with E-state index in [1.165, 1.54) is 11.1 Å². The van der Waals surface area contributed by atoms with Crippen LogP contribution in [0.2, 0.25) is 0 Å². The van der Waals surface area contributed by atoms with Gasteiger partial charge in [0.2, 0.25) is 0 Å². The molecule has 0 saturated heterocycles. The first-order valence-corrected chi connectivity index (χ1v) is 6.89. The third-order valence-electron chi connectivity index (χ3n) is 2.83. The molecule has 2 aromatic rings. The van der Waals surface area contributed by atoms with Crippen LogP contribution in [0.1, 0.15) is 17.0 Å². The van der Waals surface area contributed by atoms with Gasteiger partial charge in [-0.3, -0.25) is 0 Å². The van der Waals surface area contributed by atoms with Crippen molar-refractivity contribution in [1.82, 2.24) is 14.8 Å². The number of rotatable bonds is 5. The number of allylic oxidation sites excluding steroid dienone is 1. The summed E-state index contributed by atoms with van der Waals surface area (Å²) in [6.45, 7) is 8.62. The Morgan fingerprint density at radius 1 is 1.28 bits per heavy atom. The molecule has 0 aliphatic rings. The summed E-state index contributed by atoms with van der Waals surface area (Å²) in [5, 5.41) is 9.28. The van der Waals surface area contributed by atoms with Crippen LogP contribution in [0.5, 0.6) is 0 Å². The minimum Gasteiger partial charge on any atom is -0.302 e. The molecule has 0 N–H and O–H groups in total. The fourth-order valence-corrected chi connectivity index (χ4v) is 2.79. The van der Waals surface area contributed by atoms with Crippen LogP contribution in [0.25, 0.3) is 0 Å². The van der Waals surface area contributed by atoms with Crippen molar-refractivity contribution in [2.45, 2.75) is 31.3 Å². The average molecular weight is 259 g/mol. The van der Waals surface area contributed by atoms with E-state index in [2.05, 4.69) is 52.5 Å². The van der Waals surface area contributed by atoms with Crippen LogP contribution in [-0.2, 0) is 12.3 Å². The van der Waals surface area contributed by atoms with Crippen LogP contribution in [0, 0.1) is 13.8 Å². The first-order chi connectivity index (χ1) is 8.72. The van der Waals surface area contributed by atoms with Gasteiger partial charge in [0, 0.05) is 12.3 Å². The van der Waals surface area contributed by atoms with Crippen molar-refractivity contribution in [3.05, 3.63) is 53.9 Å². The van der Waals surface area contributed by atoms with E-state index in [1.54, 1.807) is 11.8 Å². The maximum Gasteiger partial charge on any atom is 0.191 e. The van der Waals surface area contributed by atoms with Crippen molar-refractivity contribution in [3.63, 3.8) is 0 Å². The summed E-state index contributed by atoms with van der Waals surface area (Å²) >= 11 is 1.72. The lowest BCUT2D eigenvalue weighted by molar-refractivity contribution is 0.703. The highest BCUT2D eigenvalue weighted by molar-refractivity contribution is 7.98. The summed E-state index contributed by atoms with van der Waals surface area (Å²) in [6.07, 6.45) is 1.87. The predicted octanol–water partition coefficient (Wildman–Crippen LogP) is 3.37. The highest BCUT2D eigenvalue weighted by atomic mass is 32.2. The second-order valence-corrected chi connectivity index (χ2v) is 5.09. The molecular formula is C14H17N3S. The number of aryl methyl sites for hydroxylation is 2. The van der Waals surface area contributed by atoms with Crippen LogP contribution in [-0.4, -0.2) is 14.8 Å². The lowest BCUT2D eigenvalue weighted by atomic mass is 10.1. The molecule has 0 spiro atoms. The molecule has 0 amide bonds. The second kappa shape index (κ2) is 5.87. The van der Waals surface area contributed by atoms with Crippen molar-refractivity contribution < 1.29 is 0 Å². The zero-order chi connectivity index (χ0) is 13.0. The van der Waals surface area contributed by atoms with Gasteiger partial charge in [0.1, 0.15) is 5.82 Å².